The van der Waals surface area contributed by atoms with Crippen LogP contribution in [0.3, 0.4) is 0 Å². The number of carbonyl (C=O) groups excluding carboxylic acids is 1. The summed E-state index contributed by atoms with van der Waals surface area (Å²) in [6, 6.07) is 7.39. The minimum atomic E-state index is -0.123. The van der Waals surface area contributed by atoms with Gasteiger partial charge in [0.25, 0.3) is 5.91 Å². The molecule has 4 nitrogen and oxygen atoms in total. The number of amides is 1. The van der Waals surface area contributed by atoms with Gasteiger partial charge in [0.1, 0.15) is 11.4 Å². The maximum Gasteiger partial charge on any atom is 0.272 e. The Morgan fingerprint density at radius 2 is 2.15 bits per heavy atom. The quantitative estimate of drug-likeness (QED) is 0.921. The van der Waals surface area contributed by atoms with Crippen molar-refractivity contribution in [3.05, 3.63) is 46.2 Å². The van der Waals surface area contributed by atoms with Gasteiger partial charge in [-0.05, 0) is 59.6 Å². The number of aryl methyl sites for hydroxylation is 2. The molecule has 1 aromatic carbocycles. The first-order valence-corrected chi connectivity index (χ1v) is 7.16. The largest absolute Gasteiger partial charge is 0.496 e. The fraction of sp³-hybridized carbons (Fsp3) is 0.267. The van der Waals surface area contributed by atoms with E-state index in [9.17, 15) is 4.79 Å². The van der Waals surface area contributed by atoms with Crippen LogP contribution in [0.1, 0.15) is 23.0 Å². The van der Waals surface area contributed by atoms with E-state index >= 15 is 0 Å². The summed E-state index contributed by atoms with van der Waals surface area (Å²) in [6.45, 7) is 4.69. The van der Waals surface area contributed by atoms with Crippen molar-refractivity contribution in [2.45, 2.75) is 20.4 Å². The Hall–Kier alpha value is -1.75. The highest BCUT2D eigenvalue weighted by atomic mass is 79.9. The molecule has 0 saturated carbocycles. The van der Waals surface area contributed by atoms with E-state index in [-0.39, 0.29) is 5.91 Å². The van der Waals surface area contributed by atoms with Crippen LogP contribution in [0, 0.1) is 6.92 Å². The van der Waals surface area contributed by atoms with E-state index < -0.39 is 0 Å². The molecule has 20 heavy (non-hydrogen) atoms. The van der Waals surface area contributed by atoms with Gasteiger partial charge in [0.15, 0.2) is 0 Å². The minimum Gasteiger partial charge on any atom is -0.496 e. The predicted molar refractivity (Wildman–Crippen MR) is 83.5 cm³/mol. The van der Waals surface area contributed by atoms with Crippen LogP contribution in [0.2, 0.25) is 0 Å². The predicted octanol–water partition coefficient (Wildman–Crippen LogP) is 3.84. The van der Waals surface area contributed by atoms with E-state index in [0.717, 1.165) is 28.0 Å². The molecule has 2 aromatic rings. The molecule has 1 aromatic heterocycles. The molecule has 5 heteroatoms. The minimum absolute atomic E-state index is 0.123. The fourth-order valence-electron chi connectivity index (χ4n) is 2.08. The molecule has 0 unspecified atom stereocenters. The van der Waals surface area contributed by atoms with Crippen molar-refractivity contribution in [2.75, 3.05) is 12.4 Å². The Bertz CT molecular complexity index is 635. The normalized spacial score (nSPS) is 10.4. The van der Waals surface area contributed by atoms with Gasteiger partial charge in [-0.2, -0.15) is 0 Å². The number of ether oxygens (including phenoxy) is 1. The van der Waals surface area contributed by atoms with Gasteiger partial charge in [-0.25, -0.2) is 0 Å². The van der Waals surface area contributed by atoms with Gasteiger partial charge < -0.3 is 14.6 Å². The number of rotatable bonds is 4. The van der Waals surface area contributed by atoms with E-state index in [1.54, 1.807) is 7.11 Å². The van der Waals surface area contributed by atoms with Gasteiger partial charge >= 0.3 is 0 Å². The highest BCUT2D eigenvalue weighted by Crippen LogP contribution is 2.22. The first kappa shape index (κ1) is 14.7. The maximum atomic E-state index is 12.3. The molecule has 0 fully saturated rings. The van der Waals surface area contributed by atoms with Gasteiger partial charge in [-0.1, -0.05) is 0 Å². The second kappa shape index (κ2) is 6.13. The lowest BCUT2D eigenvalue weighted by molar-refractivity contribution is 0.101. The molecule has 0 aliphatic heterocycles. The first-order chi connectivity index (χ1) is 9.55. The summed E-state index contributed by atoms with van der Waals surface area (Å²) in [7, 11) is 1.63. The van der Waals surface area contributed by atoms with Crippen LogP contribution >= 0.6 is 15.9 Å². The summed E-state index contributed by atoms with van der Waals surface area (Å²) in [5.74, 6) is 0.685. The topological polar surface area (TPSA) is 43.3 Å². The van der Waals surface area contributed by atoms with E-state index in [1.807, 2.05) is 48.9 Å². The van der Waals surface area contributed by atoms with Gasteiger partial charge in [-0.15, -0.1) is 0 Å². The smallest absolute Gasteiger partial charge is 0.272 e. The fourth-order valence-corrected chi connectivity index (χ4v) is 2.54. The van der Waals surface area contributed by atoms with Crippen molar-refractivity contribution < 1.29 is 9.53 Å². The van der Waals surface area contributed by atoms with Crippen LogP contribution in [-0.2, 0) is 6.54 Å². The van der Waals surface area contributed by atoms with Crippen LogP contribution in [0.25, 0.3) is 0 Å². The number of halogens is 1. The lowest BCUT2D eigenvalue weighted by Gasteiger charge is -2.10. The number of benzene rings is 1. The number of hydrogen-bond donors (Lipinski definition) is 1. The average molecular weight is 337 g/mol. The number of nitrogens with one attached hydrogen (secondary N) is 1. The number of aromatic nitrogens is 1. The Morgan fingerprint density at radius 3 is 2.75 bits per heavy atom. The van der Waals surface area contributed by atoms with Gasteiger partial charge in [-0.3, -0.25) is 4.79 Å². The Kier molecular flexibility index (Phi) is 4.49. The molecule has 0 atom stereocenters. The summed E-state index contributed by atoms with van der Waals surface area (Å²) in [4.78, 5) is 12.3. The van der Waals surface area contributed by atoms with E-state index in [1.165, 1.54) is 0 Å². The third-order valence-electron chi connectivity index (χ3n) is 3.09. The average Bonchev–Trinajstić information content (AvgIpc) is 2.80. The Balaban J connectivity index is 2.21. The van der Waals surface area contributed by atoms with Crippen molar-refractivity contribution in [3.63, 3.8) is 0 Å². The number of nitrogens with zero attached hydrogens (tertiary/aromatic N) is 1. The van der Waals surface area contributed by atoms with Crippen LogP contribution in [-0.4, -0.2) is 17.6 Å². The molecule has 1 heterocycles. The van der Waals surface area contributed by atoms with Gasteiger partial charge in [0, 0.05) is 22.9 Å². The molecular weight excluding hydrogens is 320 g/mol. The van der Waals surface area contributed by atoms with Crippen molar-refractivity contribution in [1.29, 1.82) is 0 Å². The number of hydrogen-bond acceptors (Lipinski definition) is 2. The third kappa shape index (κ3) is 3.04. The standard InChI is InChI=1S/C15H17BrN2O2/c1-4-18-9-11(16)8-13(18)15(19)17-12-5-6-14(20-3)10(2)7-12/h5-9H,4H2,1-3H3,(H,17,19). The number of carbonyl (C=O) groups is 1. The zero-order valence-corrected chi connectivity index (χ0v) is 13.3. The maximum absolute atomic E-state index is 12.3. The molecule has 0 radical (unpaired) electrons. The summed E-state index contributed by atoms with van der Waals surface area (Å²) in [6.07, 6.45) is 1.90. The van der Waals surface area contributed by atoms with Crippen molar-refractivity contribution in [1.82, 2.24) is 4.57 Å². The van der Waals surface area contributed by atoms with Crippen LogP contribution in [0.4, 0.5) is 5.69 Å². The van der Waals surface area contributed by atoms with E-state index in [0.29, 0.717) is 5.69 Å². The molecule has 106 valence electrons. The molecule has 1 amide bonds. The monoisotopic (exact) mass is 336 g/mol. The molecule has 0 spiro atoms. The zero-order valence-electron chi connectivity index (χ0n) is 11.7. The second-order valence-electron chi connectivity index (χ2n) is 4.47. The third-order valence-corrected chi connectivity index (χ3v) is 3.52. The van der Waals surface area contributed by atoms with Crippen LogP contribution < -0.4 is 10.1 Å². The van der Waals surface area contributed by atoms with Crippen molar-refractivity contribution >= 4 is 27.5 Å². The Morgan fingerprint density at radius 1 is 1.40 bits per heavy atom. The van der Waals surface area contributed by atoms with E-state index in [4.69, 9.17) is 4.74 Å². The molecule has 0 aliphatic rings. The van der Waals surface area contributed by atoms with Gasteiger partial charge in [0.05, 0.1) is 7.11 Å². The molecule has 2 rings (SSSR count). The summed E-state index contributed by atoms with van der Waals surface area (Å²) in [5, 5.41) is 2.90. The summed E-state index contributed by atoms with van der Waals surface area (Å²) >= 11 is 3.39. The lowest BCUT2D eigenvalue weighted by atomic mass is 10.2. The van der Waals surface area contributed by atoms with Gasteiger partial charge in [0.2, 0.25) is 0 Å². The SMILES string of the molecule is CCn1cc(Br)cc1C(=O)Nc1ccc(OC)c(C)c1. The van der Waals surface area contributed by atoms with Crippen LogP contribution in [0.5, 0.6) is 5.75 Å². The molecule has 0 saturated heterocycles. The number of anilines is 1. The molecule has 1 N–H and O–H groups in total. The van der Waals surface area contributed by atoms with Crippen LogP contribution in [0.15, 0.2) is 34.9 Å². The highest BCUT2D eigenvalue weighted by Gasteiger charge is 2.13. The lowest BCUT2D eigenvalue weighted by Crippen LogP contribution is -2.16. The summed E-state index contributed by atoms with van der Waals surface area (Å²) < 4.78 is 8.00. The molecule has 0 bridgehead atoms. The summed E-state index contributed by atoms with van der Waals surface area (Å²) in [5.41, 5.74) is 2.37. The number of methoxy groups -OCH3 is 1. The van der Waals surface area contributed by atoms with E-state index in [2.05, 4.69) is 21.2 Å². The second-order valence-corrected chi connectivity index (χ2v) is 5.38. The highest BCUT2D eigenvalue weighted by molar-refractivity contribution is 9.10. The van der Waals surface area contributed by atoms with Crippen molar-refractivity contribution in [2.24, 2.45) is 0 Å². The van der Waals surface area contributed by atoms with Crippen molar-refractivity contribution in [3.8, 4) is 5.75 Å². The first-order valence-electron chi connectivity index (χ1n) is 6.36. The zero-order chi connectivity index (χ0) is 14.7. The Labute approximate surface area is 126 Å². The molecule has 0 aliphatic carbocycles. The molecular formula is C15H17BrN2O2.